The zero-order valence-electron chi connectivity index (χ0n) is 14.3. The SMILES string of the molecule is COC(=O)C1=C(O)C(=Cc2cc(C)ccc2O)SC1=Nc1ccccc1. The number of methoxy groups -OCH3 is 1. The van der Waals surface area contributed by atoms with Gasteiger partial charge in [0.25, 0.3) is 0 Å². The molecule has 5 nitrogen and oxygen atoms in total. The molecule has 26 heavy (non-hydrogen) atoms. The minimum atomic E-state index is -0.665. The van der Waals surface area contributed by atoms with Crippen LogP contribution in [0.5, 0.6) is 5.75 Å². The number of phenolic OH excluding ortho intramolecular Hbond substituents is 1. The number of thioether (sulfide) groups is 1. The largest absolute Gasteiger partial charge is 0.507 e. The van der Waals surface area contributed by atoms with E-state index >= 15 is 0 Å². The number of hydrogen-bond donors (Lipinski definition) is 2. The number of aryl methyl sites for hydroxylation is 1. The van der Waals surface area contributed by atoms with E-state index in [1.165, 1.54) is 7.11 Å². The lowest BCUT2D eigenvalue weighted by Gasteiger charge is -2.03. The number of nitrogens with zero attached hydrogens (tertiary/aromatic N) is 1. The lowest BCUT2D eigenvalue weighted by molar-refractivity contribution is -0.135. The Morgan fingerprint density at radius 2 is 1.88 bits per heavy atom. The second-order valence-corrected chi connectivity index (χ2v) is 6.67. The normalized spacial score (nSPS) is 17.2. The number of carbonyl (C=O) groups excluding carboxylic acids is 1. The Morgan fingerprint density at radius 1 is 1.15 bits per heavy atom. The van der Waals surface area contributed by atoms with Crippen LogP contribution in [0.2, 0.25) is 0 Å². The molecule has 0 atom stereocenters. The highest BCUT2D eigenvalue weighted by Crippen LogP contribution is 2.41. The molecule has 0 spiro atoms. The fraction of sp³-hybridized carbons (Fsp3) is 0.100. The van der Waals surface area contributed by atoms with Crippen LogP contribution < -0.4 is 0 Å². The number of rotatable bonds is 3. The number of phenols is 1. The Balaban J connectivity index is 2.08. The van der Waals surface area contributed by atoms with Gasteiger partial charge in [0.15, 0.2) is 0 Å². The second kappa shape index (κ2) is 7.49. The zero-order valence-corrected chi connectivity index (χ0v) is 15.1. The van der Waals surface area contributed by atoms with E-state index in [2.05, 4.69) is 4.99 Å². The van der Waals surface area contributed by atoms with Crippen molar-refractivity contribution in [1.82, 2.24) is 0 Å². The predicted molar refractivity (Wildman–Crippen MR) is 104 cm³/mol. The summed E-state index contributed by atoms with van der Waals surface area (Å²) in [6.07, 6.45) is 1.62. The number of esters is 1. The third kappa shape index (κ3) is 3.65. The maximum Gasteiger partial charge on any atom is 0.344 e. The summed E-state index contributed by atoms with van der Waals surface area (Å²) < 4.78 is 4.79. The number of benzene rings is 2. The van der Waals surface area contributed by atoms with Crippen molar-refractivity contribution in [3.8, 4) is 5.75 Å². The molecule has 132 valence electrons. The van der Waals surface area contributed by atoms with E-state index in [0.29, 0.717) is 21.2 Å². The molecule has 1 aliphatic heterocycles. The highest BCUT2D eigenvalue weighted by atomic mass is 32.2. The van der Waals surface area contributed by atoms with E-state index in [9.17, 15) is 15.0 Å². The van der Waals surface area contributed by atoms with Crippen LogP contribution in [0.3, 0.4) is 0 Å². The minimum absolute atomic E-state index is 0.0137. The number of ether oxygens (including phenoxy) is 1. The van der Waals surface area contributed by atoms with E-state index in [4.69, 9.17) is 4.74 Å². The van der Waals surface area contributed by atoms with Crippen molar-refractivity contribution in [2.24, 2.45) is 4.99 Å². The molecule has 6 heteroatoms. The quantitative estimate of drug-likeness (QED) is 0.781. The first-order chi connectivity index (χ1) is 12.5. The first-order valence-electron chi connectivity index (χ1n) is 7.85. The summed E-state index contributed by atoms with van der Waals surface area (Å²) in [6, 6.07) is 14.3. The molecule has 2 aromatic carbocycles. The van der Waals surface area contributed by atoms with E-state index in [0.717, 1.165) is 17.3 Å². The van der Waals surface area contributed by atoms with Gasteiger partial charge < -0.3 is 14.9 Å². The molecular formula is C20H17NO4S. The third-order valence-corrected chi connectivity index (χ3v) is 4.76. The maximum atomic E-state index is 12.1. The van der Waals surface area contributed by atoms with Crippen LogP contribution >= 0.6 is 11.8 Å². The average Bonchev–Trinajstić information content (AvgIpc) is 2.93. The number of aromatic hydroxyl groups is 1. The van der Waals surface area contributed by atoms with Gasteiger partial charge in [0.2, 0.25) is 0 Å². The van der Waals surface area contributed by atoms with Crippen LogP contribution in [0.15, 0.2) is 69.8 Å². The van der Waals surface area contributed by atoms with Crippen molar-refractivity contribution in [2.45, 2.75) is 6.92 Å². The summed E-state index contributed by atoms with van der Waals surface area (Å²) in [7, 11) is 1.25. The van der Waals surface area contributed by atoms with Crippen LogP contribution in [0, 0.1) is 6.92 Å². The standard InChI is InChI=1S/C20H17NO4S/c1-12-8-9-15(22)13(10-12)11-16-18(23)17(20(24)25-2)19(26-16)21-14-6-4-3-5-7-14/h3-11,22-23H,1-2H3. The van der Waals surface area contributed by atoms with E-state index in [1.54, 1.807) is 36.4 Å². The smallest absolute Gasteiger partial charge is 0.344 e. The van der Waals surface area contributed by atoms with Crippen LogP contribution in [0.25, 0.3) is 6.08 Å². The number of aliphatic hydroxyl groups excluding tert-OH is 1. The van der Waals surface area contributed by atoms with Crippen molar-refractivity contribution in [3.63, 3.8) is 0 Å². The molecule has 2 aromatic rings. The average molecular weight is 367 g/mol. The van der Waals surface area contributed by atoms with Gasteiger partial charge in [0, 0.05) is 5.56 Å². The summed E-state index contributed by atoms with van der Waals surface area (Å²) in [4.78, 5) is 17.0. The third-order valence-electron chi connectivity index (χ3n) is 3.74. The molecule has 0 saturated heterocycles. The topological polar surface area (TPSA) is 79.1 Å². The number of hydrogen-bond acceptors (Lipinski definition) is 6. The Bertz CT molecular complexity index is 946. The summed E-state index contributed by atoms with van der Waals surface area (Å²) in [5, 5.41) is 20.9. The van der Waals surface area contributed by atoms with E-state index in [1.807, 2.05) is 25.1 Å². The Morgan fingerprint density at radius 3 is 2.58 bits per heavy atom. The lowest BCUT2D eigenvalue weighted by atomic mass is 10.1. The molecule has 2 N–H and O–H groups in total. The maximum absolute atomic E-state index is 12.1. The van der Waals surface area contributed by atoms with Crippen molar-refractivity contribution in [2.75, 3.05) is 7.11 Å². The first-order valence-corrected chi connectivity index (χ1v) is 8.66. The van der Waals surface area contributed by atoms with Crippen LogP contribution in [0.4, 0.5) is 5.69 Å². The number of aliphatic imine (C=N–C) groups is 1. The van der Waals surface area contributed by atoms with Gasteiger partial charge in [0.05, 0.1) is 17.7 Å². The van der Waals surface area contributed by atoms with Gasteiger partial charge in [-0.15, -0.1) is 0 Å². The minimum Gasteiger partial charge on any atom is -0.507 e. The molecule has 0 amide bonds. The van der Waals surface area contributed by atoms with E-state index in [-0.39, 0.29) is 17.1 Å². The first kappa shape index (κ1) is 17.8. The fourth-order valence-corrected chi connectivity index (χ4v) is 3.47. The molecule has 0 bridgehead atoms. The molecular weight excluding hydrogens is 350 g/mol. The van der Waals surface area contributed by atoms with Gasteiger partial charge in [-0.25, -0.2) is 9.79 Å². The monoisotopic (exact) mass is 367 g/mol. The summed E-state index contributed by atoms with van der Waals surface area (Å²) in [6.45, 7) is 1.90. The van der Waals surface area contributed by atoms with E-state index < -0.39 is 5.97 Å². The van der Waals surface area contributed by atoms with Crippen LogP contribution in [0.1, 0.15) is 11.1 Å². The van der Waals surface area contributed by atoms with Gasteiger partial charge in [0.1, 0.15) is 22.1 Å². The summed E-state index contributed by atoms with van der Waals surface area (Å²) >= 11 is 1.15. The molecule has 0 aromatic heterocycles. The Hall–Kier alpha value is -2.99. The fourth-order valence-electron chi connectivity index (χ4n) is 2.44. The second-order valence-electron chi connectivity index (χ2n) is 5.64. The van der Waals surface area contributed by atoms with Gasteiger partial charge in [-0.3, -0.25) is 0 Å². The van der Waals surface area contributed by atoms with Crippen molar-refractivity contribution < 1.29 is 19.7 Å². The summed E-state index contributed by atoms with van der Waals surface area (Å²) in [5.74, 6) is -0.788. The van der Waals surface area contributed by atoms with Gasteiger partial charge >= 0.3 is 5.97 Å². The van der Waals surface area contributed by atoms with Crippen molar-refractivity contribution in [1.29, 1.82) is 0 Å². The molecule has 3 rings (SSSR count). The molecule has 0 radical (unpaired) electrons. The molecule has 1 aliphatic rings. The highest BCUT2D eigenvalue weighted by molar-refractivity contribution is 8.18. The Labute approximate surface area is 155 Å². The lowest BCUT2D eigenvalue weighted by Crippen LogP contribution is -2.10. The van der Waals surface area contributed by atoms with Crippen LogP contribution in [-0.4, -0.2) is 28.3 Å². The van der Waals surface area contributed by atoms with Gasteiger partial charge in [-0.2, -0.15) is 0 Å². The molecule has 0 fully saturated rings. The zero-order chi connectivity index (χ0) is 18.7. The number of aliphatic hydroxyl groups is 1. The highest BCUT2D eigenvalue weighted by Gasteiger charge is 2.33. The Kier molecular flexibility index (Phi) is 5.14. The van der Waals surface area contributed by atoms with Crippen molar-refractivity contribution >= 4 is 34.5 Å². The van der Waals surface area contributed by atoms with Crippen LogP contribution in [-0.2, 0) is 9.53 Å². The molecule has 1 heterocycles. The van der Waals surface area contributed by atoms with Crippen molar-refractivity contribution in [3.05, 3.63) is 75.9 Å². The van der Waals surface area contributed by atoms with Gasteiger partial charge in [-0.05, 0) is 37.3 Å². The molecule has 0 saturated carbocycles. The predicted octanol–water partition coefficient (Wildman–Crippen LogP) is 4.50. The summed E-state index contributed by atoms with van der Waals surface area (Å²) in [5.41, 5.74) is 2.18. The van der Waals surface area contributed by atoms with Gasteiger partial charge in [-0.1, -0.05) is 41.6 Å². The molecule has 0 aliphatic carbocycles. The number of para-hydroxylation sites is 1. The molecule has 0 unspecified atom stereocenters. The number of carbonyl (C=O) groups is 1.